The van der Waals surface area contributed by atoms with E-state index < -0.39 is 0 Å². The van der Waals surface area contributed by atoms with Crippen molar-refractivity contribution in [2.45, 2.75) is 27.4 Å². The maximum Gasteiger partial charge on any atom is 0.122 e. The van der Waals surface area contributed by atoms with E-state index in [0.29, 0.717) is 6.61 Å². The predicted octanol–water partition coefficient (Wildman–Crippen LogP) is 4.38. The van der Waals surface area contributed by atoms with E-state index in [-0.39, 0.29) is 0 Å². The third kappa shape index (κ3) is 3.03. The van der Waals surface area contributed by atoms with Gasteiger partial charge in [-0.05, 0) is 61.2 Å². The lowest BCUT2D eigenvalue weighted by Gasteiger charge is -2.12. The highest BCUT2D eigenvalue weighted by Crippen LogP contribution is 2.22. The Kier molecular flexibility index (Phi) is 3.96. The Bertz CT molecular complexity index is 790. The molecule has 0 fully saturated rings. The lowest BCUT2D eigenvalue weighted by Crippen LogP contribution is -2.00. The van der Waals surface area contributed by atoms with Crippen molar-refractivity contribution in [3.63, 3.8) is 0 Å². The van der Waals surface area contributed by atoms with Crippen molar-refractivity contribution in [1.29, 1.82) is 0 Å². The summed E-state index contributed by atoms with van der Waals surface area (Å²) >= 11 is 0. The summed E-state index contributed by atoms with van der Waals surface area (Å²) < 4.78 is 7.85. The number of aromatic nitrogens is 2. The van der Waals surface area contributed by atoms with E-state index in [1.165, 1.54) is 11.1 Å². The lowest BCUT2D eigenvalue weighted by molar-refractivity contribution is 0.303. The van der Waals surface area contributed by atoms with Crippen molar-refractivity contribution < 1.29 is 4.74 Å². The van der Waals surface area contributed by atoms with Crippen LogP contribution in [0.5, 0.6) is 5.75 Å². The minimum absolute atomic E-state index is 0.591. The van der Waals surface area contributed by atoms with Crippen molar-refractivity contribution in [2.24, 2.45) is 0 Å². The van der Waals surface area contributed by atoms with Crippen LogP contribution >= 0.6 is 0 Å². The van der Waals surface area contributed by atoms with E-state index >= 15 is 0 Å². The van der Waals surface area contributed by atoms with Crippen molar-refractivity contribution in [3.8, 4) is 11.4 Å². The van der Waals surface area contributed by atoms with Gasteiger partial charge >= 0.3 is 0 Å². The zero-order valence-corrected chi connectivity index (χ0v) is 13.2. The van der Waals surface area contributed by atoms with E-state index in [2.05, 4.69) is 37.1 Å². The van der Waals surface area contributed by atoms with E-state index in [0.717, 1.165) is 22.6 Å². The topological polar surface area (TPSA) is 27.1 Å². The zero-order valence-electron chi connectivity index (χ0n) is 13.2. The Labute approximate surface area is 131 Å². The fraction of sp³-hybridized carbons (Fsp3) is 0.211. The van der Waals surface area contributed by atoms with Gasteiger partial charge in [-0.15, -0.1) is 0 Å². The van der Waals surface area contributed by atoms with Gasteiger partial charge in [-0.25, -0.2) is 4.68 Å². The first kappa shape index (κ1) is 14.4. The zero-order chi connectivity index (χ0) is 15.5. The van der Waals surface area contributed by atoms with Crippen molar-refractivity contribution in [3.05, 3.63) is 77.1 Å². The summed E-state index contributed by atoms with van der Waals surface area (Å²) in [4.78, 5) is 0. The largest absolute Gasteiger partial charge is 0.489 e. The molecule has 22 heavy (non-hydrogen) atoms. The second-order valence-corrected chi connectivity index (χ2v) is 5.63. The third-order valence-electron chi connectivity index (χ3n) is 3.78. The van der Waals surface area contributed by atoms with Crippen LogP contribution in [0, 0.1) is 20.8 Å². The third-order valence-corrected chi connectivity index (χ3v) is 3.78. The molecular formula is C19H20N2O. The van der Waals surface area contributed by atoms with Crippen LogP contribution in [-0.2, 0) is 6.61 Å². The van der Waals surface area contributed by atoms with Gasteiger partial charge in [-0.1, -0.05) is 24.3 Å². The van der Waals surface area contributed by atoms with Crippen molar-refractivity contribution in [2.75, 3.05) is 0 Å². The highest BCUT2D eigenvalue weighted by molar-refractivity contribution is 5.43. The number of hydrogen-bond donors (Lipinski definition) is 0. The van der Waals surface area contributed by atoms with Crippen LogP contribution in [-0.4, -0.2) is 9.78 Å². The Morgan fingerprint density at radius 3 is 2.50 bits per heavy atom. The Balaban J connectivity index is 1.77. The van der Waals surface area contributed by atoms with Crippen LogP contribution in [0.3, 0.4) is 0 Å². The Hall–Kier alpha value is -2.55. The van der Waals surface area contributed by atoms with Gasteiger partial charge in [0.2, 0.25) is 0 Å². The molecule has 1 aromatic heterocycles. The molecule has 0 aliphatic heterocycles. The molecule has 3 rings (SSSR count). The standard InChI is InChI=1S/C19H20N2O/c1-14-11-20-21(12-14)18-8-9-19(16(3)10-18)22-13-17-7-5-4-6-15(17)2/h4-12H,13H2,1-3H3. The fourth-order valence-electron chi connectivity index (χ4n) is 2.42. The number of aryl methyl sites for hydroxylation is 3. The number of rotatable bonds is 4. The summed E-state index contributed by atoms with van der Waals surface area (Å²) in [5, 5.41) is 4.34. The minimum Gasteiger partial charge on any atom is -0.489 e. The van der Waals surface area contributed by atoms with Crippen LogP contribution in [0.2, 0.25) is 0 Å². The van der Waals surface area contributed by atoms with Gasteiger partial charge in [-0.2, -0.15) is 5.10 Å². The molecule has 0 spiro atoms. The molecule has 0 unspecified atom stereocenters. The van der Waals surface area contributed by atoms with Crippen LogP contribution in [0.25, 0.3) is 5.69 Å². The monoisotopic (exact) mass is 292 g/mol. The minimum atomic E-state index is 0.591. The molecule has 1 heterocycles. The molecule has 0 N–H and O–H groups in total. The van der Waals surface area contributed by atoms with Gasteiger partial charge in [0.25, 0.3) is 0 Å². The van der Waals surface area contributed by atoms with Crippen LogP contribution in [0.15, 0.2) is 54.9 Å². The van der Waals surface area contributed by atoms with Gasteiger partial charge in [0.15, 0.2) is 0 Å². The molecule has 0 aliphatic rings. The second-order valence-electron chi connectivity index (χ2n) is 5.63. The predicted molar refractivity (Wildman–Crippen MR) is 88.5 cm³/mol. The molecule has 0 saturated heterocycles. The maximum absolute atomic E-state index is 5.97. The van der Waals surface area contributed by atoms with Crippen molar-refractivity contribution in [1.82, 2.24) is 9.78 Å². The summed E-state index contributed by atoms with van der Waals surface area (Å²) in [5.41, 5.74) is 5.78. The van der Waals surface area contributed by atoms with Crippen LogP contribution in [0.1, 0.15) is 22.3 Å². The van der Waals surface area contributed by atoms with E-state index in [4.69, 9.17) is 4.74 Å². The number of ether oxygens (including phenoxy) is 1. The molecule has 0 amide bonds. The molecule has 0 saturated carbocycles. The average molecular weight is 292 g/mol. The smallest absolute Gasteiger partial charge is 0.122 e. The van der Waals surface area contributed by atoms with E-state index in [1.807, 2.05) is 48.3 Å². The summed E-state index contributed by atoms with van der Waals surface area (Å²) in [6, 6.07) is 14.4. The molecule has 112 valence electrons. The highest BCUT2D eigenvalue weighted by Gasteiger charge is 2.05. The Morgan fingerprint density at radius 2 is 1.82 bits per heavy atom. The van der Waals surface area contributed by atoms with E-state index in [1.54, 1.807) is 0 Å². The molecule has 0 bridgehead atoms. The molecule has 0 aliphatic carbocycles. The van der Waals surface area contributed by atoms with Gasteiger partial charge < -0.3 is 4.74 Å². The van der Waals surface area contributed by atoms with Crippen LogP contribution < -0.4 is 4.74 Å². The maximum atomic E-state index is 5.97. The summed E-state index contributed by atoms with van der Waals surface area (Å²) in [6.07, 6.45) is 3.88. The summed E-state index contributed by atoms with van der Waals surface area (Å²) in [7, 11) is 0. The molecule has 0 atom stereocenters. The summed E-state index contributed by atoms with van der Waals surface area (Å²) in [5.74, 6) is 0.913. The van der Waals surface area contributed by atoms with Crippen LogP contribution in [0.4, 0.5) is 0 Å². The number of hydrogen-bond acceptors (Lipinski definition) is 2. The molecule has 3 nitrogen and oxygen atoms in total. The summed E-state index contributed by atoms with van der Waals surface area (Å²) in [6.45, 7) is 6.80. The van der Waals surface area contributed by atoms with Gasteiger partial charge in [0.05, 0.1) is 11.9 Å². The first-order chi connectivity index (χ1) is 10.6. The number of nitrogens with zero attached hydrogens (tertiary/aromatic N) is 2. The molecule has 2 aromatic carbocycles. The van der Waals surface area contributed by atoms with Gasteiger partial charge in [0.1, 0.15) is 12.4 Å². The first-order valence-corrected chi connectivity index (χ1v) is 7.43. The van der Waals surface area contributed by atoms with Gasteiger partial charge in [-0.3, -0.25) is 0 Å². The quantitative estimate of drug-likeness (QED) is 0.713. The highest BCUT2D eigenvalue weighted by atomic mass is 16.5. The lowest BCUT2D eigenvalue weighted by atomic mass is 10.1. The molecular weight excluding hydrogens is 272 g/mol. The van der Waals surface area contributed by atoms with E-state index in [9.17, 15) is 0 Å². The SMILES string of the molecule is Cc1cnn(-c2ccc(OCc3ccccc3C)c(C)c2)c1. The van der Waals surface area contributed by atoms with Crippen molar-refractivity contribution >= 4 is 0 Å². The fourth-order valence-corrected chi connectivity index (χ4v) is 2.42. The molecule has 3 aromatic rings. The first-order valence-electron chi connectivity index (χ1n) is 7.43. The molecule has 3 heteroatoms. The average Bonchev–Trinajstić information content (AvgIpc) is 2.94. The number of benzene rings is 2. The van der Waals surface area contributed by atoms with Gasteiger partial charge in [0, 0.05) is 6.20 Å². The second kappa shape index (κ2) is 6.06. The molecule has 0 radical (unpaired) electrons. The normalized spacial score (nSPS) is 10.7. The Morgan fingerprint density at radius 1 is 1.00 bits per heavy atom.